The summed E-state index contributed by atoms with van der Waals surface area (Å²) in [5, 5.41) is 6.18. The summed E-state index contributed by atoms with van der Waals surface area (Å²) in [4.78, 5) is 22.1. The van der Waals surface area contributed by atoms with Gasteiger partial charge >= 0.3 is 0 Å². The van der Waals surface area contributed by atoms with E-state index >= 15 is 0 Å². The summed E-state index contributed by atoms with van der Waals surface area (Å²) in [6, 6.07) is 10.6. The Morgan fingerprint density at radius 3 is 1.41 bits per heavy atom. The van der Waals surface area contributed by atoms with Crippen LogP contribution in [0.15, 0.2) is 36.4 Å². The molecular weight excluding hydrogens is 323 g/mol. The lowest BCUT2D eigenvalue weighted by Gasteiger charge is -2.10. The number of carbonyl (C=O) groups is 2. The largest absolute Gasteiger partial charge is 0.325 e. The second-order valence-electron chi connectivity index (χ2n) is 4.75. The van der Waals surface area contributed by atoms with E-state index in [9.17, 15) is 9.59 Å². The van der Waals surface area contributed by atoms with Gasteiger partial charge in [0.1, 0.15) is 0 Å². The summed E-state index contributed by atoms with van der Waals surface area (Å²) >= 11 is 12.3. The molecule has 0 aliphatic heterocycles. The number of benzene rings is 2. The van der Waals surface area contributed by atoms with Gasteiger partial charge in [0, 0.05) is 13.8 Å². The molecule has 2 N–H and O–H groups in total. The van der Waals surface area contributed by atoms with Crippen LogP contribution >= 0.6 is 23.2 Å². The molecule has 0 radical (unpaired) electrons. The first-order valence-electron chi connectivity index (χ1n) is 6.51. The molecule has 2 amide bonds. The molecule has 0 atom stereocenters. The first-order chi connectivity index (χ1) is 10.4. The monoisotopic (exact) mass is 336 g/mol. The van der Waals surface area contributed by atoms with Crippen molar-refractivity contribution < 1.29 is 9.59 Å². The molecule has 0 saturated heterocycles. The van der Waals surface area contributed by atoms with Crippen LogP contribution in [0.3, 0.4) is 0 Å². The van der Waals surface area contributed by atoms with Crippen molar-refractivity contribution in [1.29, 1.82) is 0 Å². The highest BCUT2D eigenvalue weighted by molar-refractivity contribution is 6.34. The van der Waals surface area contributed by atoms with Crippen molar-refractivity contribution in [1.82, 2.24) is 0 Å². The van der Waals surface area contributed by atoms with E-state index in [2.05, 4.69) is 10.6 Å². The molecule has 0 saturated carbocycles. The van der Waals surface area contributed by atoms with Crippen LogP contribution < -0.4 is 10.6 Å². The highest BCUT2D eigenvalue weighted by Gasteiger charge is 2.08. The van der Waals surface area contributed by atoms with Crippen LogP contribution in [0.4, 0.5) is 11.4 Å². The van der Waals surface area contributed by atoms with Crippen LogP contribution in [0.25, 0.3) is 11.1 Å². The second-order valence-corrected chi connectivity index (χ2v) is 5.57. The van der Waals surface area contributed by atoms with E-state index in [1.54, 1.807) is 24.3 Å². The Kier molecular flexibility index (Phi) is 5.06. The predicted octanol–water partition coefficient (Wildman–Crippen LogP) is 4.58. The third-order valence-corrected chi connectivity index (χ3v) is 3.52. The van der Waals surface area contributed by atoms with E-state index in [0.717, 1.165) is 11.1 Å². The van der Waals surface area contributed by atoms with Gasteiger partial charge < -0.3 is 10.6 Å². The molecule has 0 fully saturated rings. The van der Waals surface area contributed by atoms with Crippen molar-refractivity contribution in [2.75, 3.05) is 10.6 Å². The van der Waals surface area contributed by atoms with Gasteiger partial charge in [-0.2, -0.15) is 0 Å². The maximum atomic E-state index is 11.1. The molecule has 2 aromatic rings. The summed E-state index contributed by atoms with van der Waals surface area (Å²) in [6.07, 6.45) is 0. The van der Waals surface area contributed by atoms with Crippen molar-refractivity contribution >= 4 is 46.4 Å². The van der Waals surface area contributed by atoms with Gasteiger partial charge in [-0.3, -0.25) is 9.59 Å². The molecule has 6 heteroatoms. The summed E-state index contributed by atoms with van der Waals surface area (Å²) in [5.74, 6) is -0.366. The third-order valence-electron chi connectivity index (χ3n) is 2.89. The molecule has 0 aliphatic carbocycles. The molecule has 0 heterocycles. The van der Waals surface area contributed by atoms with Crippen LogP contribution in [0.5, 0.6) is 0 Å². The summed E-state index contributed by atoms with van der Waals surface area (Å²) < 4.78 is 0. The second kappa shape index (κ2) is 6.81. The van der Waals surface area contributed by atoms with Crippen LogP contribution in [-0.4, -0.2) is 11.8 Å². The minimum Gasteiger partial charge on any atom is -0.325 e. The molecule has 0 aliphatic rings. The molecule has 2 aromatic carbocycles. The number of amides is 2. The molecule has 0 unspecified atom stereocenters. The Balaban J connectivity index is 2.32. The van der Waals surface area contributed by atoms with Crippen molar-refractivity contribution in [3.05, 3.63) is 46.4 Å². The van der Waals surface area contributed by atoms with Crippen molar-refractivity contribution in [2.45, 2.75) is 13.8 Å². The lowest BCUT2D eigenvalue weighted by atomic mass is 10.0. The van der Waals surface area contributed by atoms with E-state index in [1.165, 1.54) is 13.8 Å². The third kappa shape index (κ3) is 4.00. The molecule has 2 rings (SSSR count). The fourth-order valence-electron chi connectivity index (χ4n) is 1.97. The maximum Gasteiger partial charge on any atom is 0.221 e. The number of carbonyl (C=O) groups excluding carboxylic acids is 2. The highest BCUT2D eigenvalue weighted by Crippen LogP contribution is 2.32. The van der Waals surface area contributed by atoms with Crippen molar-refractivity contribution in [2.24, 2.45) is 0 Å². The van der Waals surface area contributed by atoms with Crippen LogP contribution in [0.2, 0.25) is 10.0 Å². The van der Waals surface area contributed by atoms with Gasteiger partial charge in [-0.1, -0.05) is 35.3 Å². The van der Waals surface area contributed by atoms with Gasteiger partial charge in [-0.15, -0.1) is 0 Å². The number of anilines is 2. The average Bonchev–Trinajstić information content (AvgIpc) is 2.42. The normalized spacial score (nSPS) is 10.2. The Morgan fingerprint density at radius 2 is 1.14 bits per heavy atom. The Bertz CT molecular complexity index is 681. The van der Waals surface area contributed by atoms with E-state index in [0.29, 0.717) is 21.4 Å². The van der Waals surface area contributed by atoms with Gasteiger partial charge in [0.2, 0.25) is 11.8 Å². The van der Waals surface area contributed by atoms with Crippen LogP contribution in [0.1, 0.15) is 13.8 Å². The number of halogens is 2. The molecule has 0 bridgehead atoms. The molecule has 0 spiro atoms. The van der Waals surface area contributed by atoms with Gasteiger partial charge in [0.25, 0.3) is 0 Å². The smallest absolute Gasteiger partial charge is 0.221 e. The molecule has 4 nitrogen and oxygen atoms in total. The first-order valence-corrected chi connectivity index (χ1v) is 7.27. The number of nitrogens with one attached hydrogen (secondary N) is 2. The first kappa shape index (κ1) is 16.3. The van der Waals surface area contributed by atoms with Gasteiger partial charge in [-0.25, -0.2) is 0 Å². The maximum absolute atomic E-state index is 11.1. The number of hydrogen-bond acceptors (Lipinski definition) is 2. The van der Waals surface area contributed by atoms with Crippen molar-refractivity contribution in [3.63, 3.8) is 0 Å². The number of rotatable bonds is 3. The SMILES string of the molecule is CC(=O)Nc1ccc(-c2ccc(NC(C)=O)c(Cl)c2)cc1Cl. The highest BCUT2D eigenvalue weighted by atomic mass is 35.5. The van der Waals surface area contributed by atoms with Crippen LogP contribution in [-0.2, 0) is 9.59 Å². The Morgan fingerprint density at radius 1 is 0.773 bits per heavy atom. The van der Waals surface area contributed by atoms with Gasteiger partial charge in [0.05, 0.1) is 21.4 Å². The molecule has 114 valence electrons. The lowest BCUT2D eigenvalue weighted by molar-refractivity contribution is -0.115. The predicted molar refractivity (Wildman–Crippen MR) is 90.5 cm³/mol. The summed E-state index contributed by atoms with van der Waals surface area (Å²) in [7, 11) is 0. The zero-order valence-corrected chi connectivity index (χ0v) is 13.5. The fourth-order valence-corrected chi connectivity index (χ4v) is 2.43. The zero-order chi connectivity index (χ0) is 16.3. The Hall–Kier alpha value is -2.04. The molecule has 0 aromatic heterocycles. The summed E-state index contributed by atoms with van der Waals surface area (Å²) in [6.45, 7) is 2.84. The topological polar surface area (TPSA) is 58.2 Å². The zero-order valence-electron chi connectivity index (χ0n) is 12.0. The Labute approximate surface area is 138 Å². The standard InChI is InChI=1S/C16H14Cl2N2O2/c1-9(21)19-15-5-3-11(7-13(15)17)12-4-6-16(14(18)8-12)20-10(2)22/h3-8H,1-2H3,(H,19,21)(H,20,22). The van der Waals surface area contributed by atoms with Gasteiger partial charge in [0.15, 0.2) is 0 Å². The van der Waals surface area contributed by atoms with Gasteiger partial charge in [-0.05, 0) is 35.4 Å². The number of hydrogen-bond donors (Lipinski definition) is 2. The van der Waals surface area contributed by atoms with Crippen molar-refractivity contribution in [3.8, 4) is 11.1 Å². The molecular formula is C16H14Cl2N2O2. The van der Waals surface area contributed by atoms with Crippen LogP contribution in [0, 0.1) is 0 Å². The lowest BCUT2D eigenvalue weighted by Crippen LogP contribution is -2.06. The molecule has 22 heavy (non-hydrogen) atoms. The summed E-state index contributed by atoms with van der Waals surface area (Å²) in [5.41, 5.74) is 2.82. The minimum atomic E-state index is -0.183. The quantitative estimate of drug-likeness (QED) is 0.861. The van der Waals surface area contributed by atoms with E-state index in [1.807, 2.05) is 12.1 Å². The van der Waals surface area contributed by atoms with E-state index in [4.69, 9.17) is 23.2 Å². The van der Waals surface area contributed by atoms with E-state index in [-0.39, 0.29) is 11.8 Å². The fraction of sp³-hybridized carbons (Fsp3) is 0.125. The van der Waals surface area contributed by atoms with E-state index < -0.39 is 0 Å². The minimum absolute atomic E-state index is 0.183. The average molecular weight is 337 g/mol.